The maximum Gasteiger partial charge on any atom is 0.272 e. The topological polar surface area (TPSA) is 68.0 Å². The molecule has 0 radical (unpaired) electrons. The lowest BCUT2D eigenvalue weighted by molar-refractivity contribution is 0.0923. The maximum atomic E-state index is 12.0. The highest BCUT2D eigenvalue weighted by Gasteiger charge is 2.23. The highest BCUT2D eigenvalue weighted by atomic mass is 16.1. The standard InChI is InChI=1S/C13H19N3O/c1-9(10-5-2-3-6-10)16-13(17)12-11(14)7-4-8-15-12/h4,7-10H,2-3,5-6,14H2,1H3,(H,16,17). The minimum absolute atomic E-state index is 0.164. The number of carbonyl (C=O) groups is 1. The van der Waals surface area contributed by atoms with Crippen molar-refractivity contribution in [3.63, 3.8) is 0 Å². The molecule has 1 atom stereocenters. The van der Waals surface area contributed by atoms with E-state index in [-0.39, 0.29) is 11.9 Å². The Hall–Kier alpha value is -1.58. The molecule has 92 valence electrons. The van der Waals surface area contributed by atoms with E-state index in [4.69, 9.17) is 5.73 Å². The minimum Gasteiger partial charge on any atom is -0.397 e. The van der Waals surface area contributed by atoms with Gasteiger partial charge in [-0.2, -0.15) is 0 Å². The van der Waals surface area contributed by atoms with Crippen LogP contribution in [0.25, 0.3) is 0 Å². The van der Waals surface area contributed by atoms with Crippen LogP contribution < -0.4 is 11.1 Å². The highest BCUT2D eigenvalue weighted by molar-refractivity contribution is 5.97. The monoisotopic (exact) mass is 233 g/mol. The molecular formula is C13H19N3O. The molecule has 4 nitrogen and oxygen atoms in total. The Labute approximate surface area is 102 Å². The summed E-state index contributed by atoms with van der Waals surface area (Å²) in [5, 5.41) is 3.00. The van der Waals surface area contributed by atoms with Crippen LogP contribution in [-0.2, 0) is 0 Å². The molecule has 1 unspecified atom stereocenters. The van der Waals surface area contributed by atoms with Crippen LogP contribution in [0.4, 0.5) is 5.69 Å². The van der Waals surface area contributed by atoms with Gasteiger partial charge in [0.2, 0.25) is 0 Å². The van der Waals surface area contributed by atoms with Crippen molar-refractivity contribution in [2.24, 2.45) is 5.92 Å². The van der Waals surface area contributed by atoms with Crippen LogP contribution in [0.3, 0.4) is 0 Å². The Morgan fingerprint density at radius 1 is 1.53 bits per heavy atom. The first kappa shape index (κ1) is 11.9. The second kappa shape index (κ2) is 5.17. The highest BCUT2D eigenvalue weighted by Crippen LogP contribution is 2.27. The van der Waals surface area contributed by atoms with E-state index in [0.717, 1.165) is 0 Å². The van der Waals surface area contributed by atoms with E-state index in [2.05, 4.69) is 17.2 Å². The number of amides is 1. The smallest absolute Gasteiger partial charge is 0.272 e. The number of hydrogen-bond acceptors (Lipinski definition) is 3. The van der Waals surface area contributed by atoms with Crippen LogP contribution in [0.2, 0.25) is 0 Å². The largest absolute Gasteiger partial charge is 0.397 e. The fourth-order valence-electron chi connectivity index (χ4n) is 2.46. The third kappa shape index (κ3) is 2.75. The zero-order valence-corrected chi connectivity index (χ0v) is 10.1. The van der Waals surface area contributed by atoms with Gasteiger partial charge >= 0.3 is 0 Å². The number of carbonyl (C=O) groups excluding carboxylic acids is 1. The molecule has 1 aliphatic rings. The van der Waals surface area contributed by atoms with Crippen LogP contribution in [0, 0.1) is 5.92 Å². The predicted octanol–water partition coefficient (Wildman–Crippen LogP) is 1.97. The van der Waals surface area contributed by atoms with E-state index in [1.54, 1.807) is 18.3 Å². The van der Waals surface area contributed by atoms with Crippen molar-refractivity contribution in [2.45, 2.75) is 38.6 Å². The number of anilines is 1. The first-order valence-electron chi connectivity index (χ1n) is 6.20. The van der Waals surface area contributed by atoms with Gasteiger partial charge in [-0.05, 0) is 37.8 Å². The van der Waals surface area contributed by atoms with Gasteiger partial charge < -0.3 is 11.1 Å². The summed E-state index contributed by atoms with van der Waals surface area (Å²) in [5.41, 5.74) is 6.49. The van der Waals surface area contributed by atoms with Gasteiger partial charge in [0.1, 0.15) is 0 Å². The number of rotatable bonds is 3. The van der Waals surface area contributed by atoms with Gasteiger partial charge in [0.15, 0.2) is 5.69 Å². The summed E-state index contributed by atoms with van der Waals surface area (Å²) >= 11 is 0. The summed E-state index contributed by atoms with van der Waals surface area (Å²) in [5.74, 6) is 0.436. The van der Waals surface area contributed by atoms with Gasteiger partial charge in [-0.3, -0.25) is 4.79 Å². The summed E-state index contributed by atoms with van der Waals surface area (Å²) in [6.45, 7) is 2.06. The van der Waals surface area contributed by atoms with Gasteiger partial charge in [0.25, 0.3) is 5.91 Å². The molecule has 0 aromatic carbocycles. The third-order valence-corrected chi connectivity index (χ3v) is 3.52. The molecule has 1 saturated carbocycles. The fraction of sp³-hybridized carbons (Fsp3) is 0.538. The normalized spacial score (nSPS) is 17.9. The van der Waals surface area contributed by atoms with Gasteiger partial charge in [0, 0.05) is 12.2 Å². The summed E-state index contributed by atoms with van der Waals surface area (Å²) in [6.07, 6.45) is 6.55. The van der Waals surface area contributed by atoms with Crippen molar-refractivity contribution in [1.82, 2.24) is 10.3 Å². The van der Waals surface area contributed by atoms with Crippen LogP contribution in [-0.4, -0.2) is 16.9 Å². The molecule has 3 N–H and O–H groups in total. The van der Waals surface area contributed by atoms with E-state index in [9.17, 15) is 4.79 Å². The number of nitrogens with zero attached hydrogens (tertiary/aromatic N) is 1. The van der Waals surface area contributed by atoms with Crippen LogP contribution in [0.1, 0.15) is 43.1 Å². The predicted molar refractivity (Wildman–Crippen MR) is 67.5 cm³/mol. The lowest BCUT2D eigenvalue weighted by atomic mass is 10.00. The van der Waals surface area contributed by atoms with E-state index in [1.165, 1.54) is 25.7 Å². The molecule has 1 amide bonds. The van der Waals surface area contributed by atoms with Gasteiger partial charge in [0.05, 0.1) is 5.69 Å². The number of nitrogens with one attached hydrogen (secondary N) is 1. The summed E-state index contributed by atoms with van der Waals surface area (Å²) < 4.78 is 0. The first-order valence-corrected chi connectivity index (χ1v) is 6.20. The SMILES string of the molecule is CC(NC(=O)c1ncccc1N)C1CCCC1. The van der Waals surface area contributed by atoms with Gasteiger partial charge in [-0.1, -0.05) is 12.8 Å². The first-order chi connectivity index (χ1) is 8.18. The Morgan fingerprint density at radius 3 is 2.88 bits per heavy atom. The second-order valence-corrected chi connectivity index (χ2v) is 4.75. The summed E-state index contributed by atoms with van der Waals surface area (Å²) in [6, 6.07) is 3.63. The fourth-order valence-corrected chi connectivity index (χ4v) is 2.46. The van der Waals surface area contributed by atoms with Gasteiger partial charge in [-0.25, -0.2) is 4.98 Å². The lowest BCUT2D eigenvalue weighted by Gasteiger charge is -2.20. The van der Waals surface area contributed by atoms with E-state index < -0.39 is 0 Å². The molecule has 0 saturated heterocycles. The average molecular weight is 233 g/mol. The van der Waals surface area contributed by atoms with Crippen LogP contribution >= 0.6 is 0 Å². The third-order valence-electron chi connectivity index (χ3n) is 3.52. The van der Waals surface area contributed by atoms with E-state index in [1.807, 2.05) is 0 Å². The molecule has 0 spiro atoms. The van der Waals surface area contributed by atoms with Gasteiger partial charge in [-0.15, -0.1) is 0 Å². The second-order valence-electron chi connectivity index (χ2n) is 4.75. The number of hydrogen-bond donors (Lipinski definition) is 2. The zero-order valence-electron chi connectivity index (χ0n) is 10.1. The number of pyridine rings is 1. The number of nitrogen functional groups attached to an aromatic ring is 1. The van der Waals surface area contributed by atoms with Crippen molar-refractivity contribution >= 4 is 11.6 Å². The number of nitrogens with two attached hydrogens (primary N) is 1. The minimum atomic E-state index is -0.164. The zero-order chi connectivity index (χ0) is 12.3. The molecule has 0 bridgehead atoms. The molecule has 1 fully saturated rings. The van der Waals surface area contributed by atoms with E-state index in [0.29, 0.717) is 17.3 Å². The Bertz CT molecular complexity index is 399. The van der Waals surface area contributed by atoms with Crippen LogP contribution in [0.15, 0.2) is 18.3 Å². The van der Waals surface area contributed by atoms with Crippen molar-refractivity contribution < 1.29 is 4.79 Å². The molecule has 0 aliphatic heterocycles. The number of aromatic nitrogens is 1. The molecule has 17 heavy (non-hydrogen) atoms. The summed E-state index contributed by atoms with van der Waals surface area (Å²) in [7, 11) is 0. The van der Waals surface area contributed by atoms with Crippen molar-refractivity contribution in [1.29, 1.82) is 0 Å². The molecule has 1 heterocycles. The maximum absolute atomic E-state index is 12.0. The quantitative estimate of drug-likeness (QED) is 0.838. The van der Waals surface area contributed by atoms with E-state index >= 15 is 0 Å². The van der Waals surface area contributed by atoms with Crippen molar-refractivity contribution in [3.8, 4) is 0 Å². The average Bonchev–Trinajstić information content (AvgIpc) is 2.82. The molecule has 1 aromatic heterocycles. The molecular weight excluding hydrogens is 214 g/mol. The Kier molecular flexibility index (Phi) is 3.61. The molecule has 1 aliphatic carbocycles. The van der Waals surface area contributed by atoms with Crippen molar-refractivity contribution in [2.75, 3.05) is 5.73 Å². The summed E-state index contributed by atoms with van der Waals surface area (Å²) in [4.78, 5) is 16.0. The molecule has 1 aromatic rings. The van der Waals surface area contributed by atoms with Crippen molar-refractivity contribution in [3.05, 3.63) is 24.0 Å². The van der Waals surface area contributed by atoms with Crippen LogP contribution in [0.5, 0.6) is 0 Å². The molecule has 4 heteroatoms. The lowest BCUT2D eigenvalue weighted by Crippen LogP contribution is -2.37. The Balaban J connectivity index is 1.99. The Morgan fingerprint density at radius 2 is 2.24 bits per heavy atom. The molecule has 2 rings (SSSR count).